The van der Waals surface area contributed by atoms with Gasteiger partial charge in [0.05, 0.1) is 11.8 Å². The van der Waals surface area contributed by atoms with Crippen LogP contribution < -0.4 is 9.80 Å². The first kappa shape index (κ1) is 25.3. The van der Waals surface area contributed by atoms with E-state index in [9.17, 15) is 4.79 Å². The van der Waals surface area contributed by atoms with Crippen molar-refractivity contribution in [3.63, 3.8) is 0 Å². The molecule has 6 heteroatoms. The molecule has 1 fully saturated rings. The normalized spacial score (nSPS) is 20.0. The molecule has 0 bridgehead atoms. The predicted molar refractivity (Wildman–Crippen MR) is 157 cm³/mol. The number of hydrogen-bond acceptors (Lipinski definition) is 4. The molecule has 3 aromatic rings. The number of hydrogen-bond donors (Lipinski definition) is 0. The van der Waals surface area contributed by atoms with Gasteiger partial charge in [-0.3, -0.25) is 4.79 Å². The molecule has 5 nitrogen and oxygen atoms in total. The number of halogens is 1. The maximum atomic E-state index is 13.8. The van der Waals surface area contributed by atoms with Crippen LogP contribution >= 0.6 is 15.9 Å². The predicted octanol–water partition coefficient (Wildman–Crippen LogP) is 7.02. The van der Waals surface area contributed by atoms with Crippen LogP contribution in [-0.4, -0.2) is 44.8 Å². The molecule has 1 heterocycles. The van der Waals surface area contributed by atoms with Crippen molar-refractivity contribution < 1.29 is 4.79 Å². The molecule has 0 radical (unpaired) electrons. The number of allylic oxidation sites excluding steroid dienone is 1. The monoisotopic (exact) mass is 556 g/mol. The molecule has 2 atom stereocenters. The fourth-order valence-corrected chi connectivity index (χ4v) is 5.69. The van der Waals surface area contributed by atoms with Crippen LogP contribution in [0.2, 0.25) is 0 Å². The van der Waals surface area contributed by atoms with Crippen molar-refractivity contribution in [2.75, 3.05) is 38.0 Å². The van der Waals surface area contributed by atoms with Gasteiger partial charge in [0.2, 0.25) is 0 Å². The lowest BCUT2D eigenvalue weighted by atomic mass is 9.77. The van der Waals surface area contributed by atoms with Crippen molar-refractivity contribution in [2.24, 2.45) is 11.0 Å². The Bertz CT molecular complexity index is 1340. The molecule has 37 heavy (non-hydrogen) atoms. The minimum absolute atomic E-state index is 0.0698. The zero-order chi connectivity index (χ0) is 26.1. The molecular formula is C31H33BrN4O. The summed E-state index contributed by atoms with van der Waals surface area (Å²) in [4.78, 5) is 18.0. The average Bonchev–Trinajstić information content (AvgIpc) is 3.29. The highest BCUT2D eigenvalue weighted by Crippen LogP contribution is 2.45. The lowest BCUT2D eigenvalue weighted by Gasteiger charge is -2.30. The van der Waals surface area contributed by atoms with Crippen molar-refractivity contribution in [3.05, 3.63) is 99.5 Å². The molecule has 0 unspecified atom stereocenters. The lowest BCUT2D eigenvalue weighted by Crippen LogP contribution is -2.32. The molecule has 0 aromatic heterocycles. The Balaban J connectivity index is 1.55. The summed E-state index contributed by atoms with van der Waals surface area (Å²) in [5.74, 6) is 0.0990. The number of carbonyl (C=O) groups excluding carboxylic acids is 1. The van der Waals surface area contributed by atoms with Gasteiger partial charge in [-0.15, -0.1) is 0 Å². The van der Waals surface area contributed by atoms with Crippen LogP contribution in [0.4, 0.5) is 11.4 Å². The van der Waals surface area contributed by atoms with Gasteiger partial charge in [-0.25, -0.2) is 5.01 Å². The lowest BCUT2D eigenvalue weighted by molar-refractivity contribution is 0.0681. The molecular weight excluding hydrogens is 524 g/mol. The molecule has 2 aliphatic rings. The summed E-state index contributed by atoms with van der Waals surface area (Å²) in [5, 5.41) is 6.79. The van der Waals surface area contributed by atoms with E-state index in [1.807, 2.05) is 38.4 Å². The van der Waals surface area contributed by atoms with Crippen molar-refractivity contribution >= 4 is 45.0 Å². The Labute approximate surface area is 228 Å². The molecule has 1 aliphatic carbocycles. The number of amides is 1. The molecule has 1 amide bonds. The Kier molecular flexibility index (Phi) is 7.20. The number of fused-ring (bicyclic) bond motifs is 1. The second-order valence-corrected chi connectivity index (χ2v) is 11.1. The maximum absolute atomic E-state index is 13.8. The molecule has 5 rings (SSSR count). The van der Waals surface area contributed by atoms with Gasteiger partial charge in [-0.2, -0.15) is 5.10 Å². The average molecular weight is 558 g/mol. The number of anilines is 2. The van der Waals surface area contributed by atoms with Gasteiger partial charge in [0, 0.05) is 55.5 Å². The molecule has 0 spiro atoms. The quantitative estimate of drug-likeness (QED) is 0.339. The fourth-order valence-electron chi connectivity index (χ4n) is 5.29. The summed E-state index contributed by atoms with van der Waals surface area (Å²) in [6.45, 7) is 0. The molecule has 3 aromatic carbocycles. The highest BCUT2D eigenvalue weighted by molar-refractivity contribution is 9.10. The van der Waals surface area contributed by atoms with Crippen LogP contribution in [0.3, 0.4) is 0 Å². The third-order valence-electron chi connectivity index (χ3n) is 7.28. The standard InChI is InChI=1S/C31H33BrN4O/c1-34(2)26-15-11-21(12-16-26)19-23-7-6-10-28-29(23)33-36(31(37)24-8-5-9-25(32)20-24)30(28)22-13-17-27(18-14-22)35(3)4/h5,8-9,11-20,28,30H,6-7,10H2,1-4H3/b23-19+/t28-,30+/m0/s1. The van der Waals surface area contributed by atoms with Crippen LogP contribution in [0, 0.1) is 5.92 Å². The van der Waals surface area contributed by atoms with Crippen molar-refractivity contribution in [1.29, 1.82) is 0 Å². The van der Waals surface area contributed by atoms with Gasteiger partial charge in [-0.1, -0.05) is 46.3 Å². The highest BCUT2D eigenvalue weighted by Gasteiger charge is 2.44. The molecule has 0 N–H and O–H groups in total. The number of nitrogens with zero attached hydrogens (tertiary/aromatic N) is 4. The van der Waals surface area contributed by atoms with Crippen molar-refractivity contribution in [2.45, 2.75) is 25.3 Å². The zero-order valence-electron chi connectivity index (χ0n) is 21.9. The van der Waals surface area contributed by atoms with Gasteiger partial charge in [0.15, 0.2) is 0 Å². The van der Waals surface area contributed by atoms with Gasteiger partial charge >= 0.3 is 0 Å². The van der Waals surface area contributed by atoms with E-state index < -0.39 is 0 Å². The smallest absolute Gasteiger partial charge is 0.274 e. The minimum atomic E-state index is -0.127. The minimum Gasteiger partial charge on any atom is -0.378 e. The number of benzene rings is 3. The fraction of sp³-hybridized carbons (Fsp3) is 0.290. The summed E-state index contributed by atoms with van der Waals surface area (Å²) in [6.07, 6.45) is 5.31. The molecule has 1 saturated carbocycles. The van der Waals surface area contributed by atoms with E-state index in [1.54, 1.807) is 5.01 Å². The largest absolute Gasteiger partial charge is 0.378 e. The molecule has 0 saturated heterocycles. The van der Waals surface area contributed by atoms with E-state index in [0.717, 1.165) is 46.3 Å². The first-order valence-electron chi connectivity index (χ1n) is 12.7. The molecule has 1 aliphatic heterocycles. The highest BCUT2D eigenvalue weighted by atomic mass is 79.9. The van der Waals surface area contributed by atoms with Gasteiger partial charge < -0.3 is 9.80 Å². The summed E-state index contributed by atoms with van der Waals surface area (Å²) >= 11 is 3.52. The van der Waals surface area contributed by atoms with Crippen LogP contribution in [-0.2, 0) is 0 Å². The van der Waals surface area contributed by atoms with E-state index in [2.05, 4.69) is 94.4 Å². The van der Waals surface area contributed by atoms with E-state index >= 15 is 0 Å². The first-order chi connectivity index (χ1) is 17.8. The van der Waals surface area contributed by atoms with E-state index in [0.29, 0.717) is 5.56 Å². The first-order valence-corrected chi connectivity index (χ1v) is 13.5. The zero-order valence-corrected chi connectivity index (χ0v) is 23.4. The number of rotatable bonds is 5. The second kappa shape index (κ2) is 10.5. The second-order valence-electron chi connectivity index (χ2n) is 10.2. The number of carbonyl (C=O) groups is 1. The van der Waals surface area contributed by atoms with E-state index in [-0.39, 0.29) is 17.9 Å². The van der Waals surface area contributed by atoms with E-state index in [4.69, 9.17) is 5.10 Å². The van der Waals surface area contributed by atoms with Crippen LogP contribution in [0.25, 0.3) is 6.08 Å². The summed E-state index contributed by atoms with van der Waals surface area (Å²) in [6, 6.07) is 24.6. The third kappa shape index (κ3) is 5.21. The third-order valence-corrected chi connectivity index (χ3v) is 7.78. The van der Waals surface area contributed by atoms with Gasteiger partial charge in [-0.05, 0) is 84.5 Å². The van der Waals surface area contributed by atoms with Crippen LogP contribution in [0.1, 0.15) is 46.8 Å². The Morgan fingerprint density at radius 2 is 1.59 bits per heavy atom. The van der Waals surface area contributed by atoms with Gasteiger partial charge in [0.1, 0.15) is 0 Å². The van der Waals surface area contributed by atoms with E-state index in [1.165, 1.54) is 11.3 Å². The SMILES string of the molecule is CN(C)c1ccc(/C=C2\CCC[C@H]3C2=NN(C(=O)c2cccc(Br)c2)[C@@H]3c2ccc(N(C)C)cc2)cc1. The summed E-state index contributed by atoms with van der Waals surface area (Å²) < 4.78 is 0.885. The Morgan fingerprint density at radius 3 is 2.22 bits per heavy atom. The topological polar surface area (TPSA) is 39.1 Å². The number of hydrazone groups is 1. The van der Waals surface area contributed by atoms with Gasteiger partial charge in [0.25, 0.3) is 5.91 Å². The van der Waals surface area contributed by atoms with Crippen molar-refractivity contribution in [1.82, 2.24) is 5.01 Å². The summed E-state index contributed by atoms with van der Waals surface area (Å²) in [5.41, 5.74) is 7.51. The maximum Gasteiger partial charge on any atom is 0.274 e. The van der Waals surface area contributed by atoms with Crippen LogP contribution in [0.5, 0.6) is 0 Å². The van der Waals surface area contributed by atoms with Crippen molar-refractivity contribution in [3.8, 4) is 0 Å². The Morgan fingerprint density at radius 1 is 0.946 bits per heavy atom. The summed E-state index contributed by atoms with van der Waals surface area (Å²) in [7, 11) is 8.18. The Hall–Kier alpha value is -3.38. The van der Waals surface area contributed by atoms with Crippen LogP contribution in [0.15, 0.2) is 87.9 Å². The molecule has 190 valence electrons.